The highest BCUT2D eigenvalue weighted by atomic mass is 32.2. The van der Waals surface area contributed by atoms with Gasteiger partial charge in [0.2, 0.25) is 26.0 Å². The lowest BCUT2D eigenvalue weighted by Gasteiger charge is -2.22. The molecule has 1 atom stereocenters. The van der Waals surface area contributed by atoms with Crippen molar-refractivity contribution < 1.29 is 26.0 Å². The van der Waals surface area contributed by atoms with Crippen LogP contribution in [0.15, 0.2) is 52.0 Å². The lowest BCUT2D eigenvalue weighted by atomic mass is 10.2. The molecule has 3 rings (SSSR count). The summed E-state index contributed by atoms with van der Waals surface area (Å²) in [5.74, 6) is -0.145. The number of nitrogens with one attached hydrogen (secondary N) is 1. The Morgan fingerprint density at radius 3 is 2.39 bits per heavy atom. The van der Waals surface area contributed by atoms with Gasteiger partial charge in [-0.25, -0.2) is 25.9 Å². The van der Waals surface area contributed by atoms with Crippen molar-refractivity contribution in [3.8, 4) is 0 Å². The average Bonchev–Trinajstić information content (AvgIpc) is 3.23. The number of hydrogen-bond donors (Lipinski definition) is 1. The fraction of sp³-hybridized carbons (Fsp3) is 0.353. The predicted octanol–water partition coefficient (Wildman–Crippen LogP) is 0.927. The number of likely N-dealkylation sites (N-methyl/N-ethyl adjacent to an activating group) is 1. The van der Waals surface area contributed by atoms with Gasteiger partial charge < -0.3 is 4.42 Å². The first-order chi connectivity index (χ1) is 13.1. The molecule has 28 heavy (non-hydrogen) atoms. The molecule has 2 heterocycles. The average molecular weight is 428 g/mol. The maximum atomic E-state index is 12.6. The minimum absolute atomic E-state index is 0.0303. The Bertz CT molecular complexity index is 1040. The van der Waals surface area contributed by atoms with Crippen LogP contribution in [0.3, 0.4) is 0 Å². The maximum Gasteiger partial charge on any atom is 0.242 e. The molecule has 0 spiro atoms. The predicted molar refractivity (Wildman–Crippen MR) is 103 cm³/mol. The van der Waals surface area contributed by atoms with Crippen LogP contribution in [0.25, 0.3) is 0 Å². The molecule has 1 aromatic carbocycles. The van der Waals surface area contributed by atoms with Gasteiger partial charge in [-0.1, -0.05) is 0 Å². The number of rotatable bonds is 7. The highest BCUT2D eigenvalue weighted by Crippen LogP contribution is 2.26. The Balaban J connectivity index is 1.76. The third-order valence-corrected chi connectivity index (χ3v) is 7.55. The molecule has 2 aromatic rings. The van der Waals surface area contributed by atoms with Crippen LogP contribution in [-0.2, 0) is 24.8 Å². The highest BCUT2D eigenvalue weighted by Gasteiger charge is 2.36. The van der Waals surface area contributed by atoms with Gasteiger partial charge in [-0.15, -0.1) is 0 Å². The van der Waals surface area contributed by atoms with Gasteiger partial charge in [-0.3, -0.25) is 9.69 Å². The molecule has 11 heteroatoms. The van der Waals surface area contributed by atoms with Crippen molar-refractivity contribution in [2.24, 2.45) is 0 Å². The van der Waals surface area contributed by atoms with Crippen LogP contribution in [0.1, 0.15) is 18.2 Å². The molecule has 1 aliphatic heterocycles. The second kappa shape index (κ2) is 7.66. The van der Waals surface area contributed by atoms with E-state index < -0.39 is 26.0 Å². The van der Waals surface area contributed by atoms with E-state index in [-0.39, 0.29) is 35.3 Å². The number of nitrogens with zero attached hydrogens (tertiary/aromatic N) is 2. The summed E-state index contributed by atoms with van der Waals surface area (Å²) in [5.41, 5.74) is 0.128. The zero-order valence-electron chi connectivity index (χ0n) is 15.4. The Morgan fingerprint density at radius 2 is 1.89 bits per heavy atom. The number of carbonyl (C=O) groups excluding carboxylic acids is 1. The second-order valence-corrected chi connectivity index (χ2v) is 10.3. The Hall–Kier alpha value is -2.21. The summed E-state index contributed by atoms with van der Waals surface area (Å²) in [7, 11) is -3.91. The molecule has 152 valence electrons. The van der Waals surface area contributed by atoms with Gasteiger partial charge in [0, 0.05) is 13.0 Å². The first-order valence-electron chi connectivity index (χ1n) is 8.47. The van der Waals surface area contributed by atoms with E-state index in [9.17, 15) is 21.6 Å². The molecule has 1 aromatic heterocycles. The fourth-order valence-electron chi connectivity index (χ4n) is 2.92. The van der Waals surface area contributed by atoms with Crippen molar-refractivity contribution in [1.29, 1.82) is 0 Å². The fourth-order valence-corrected chi connectivity index (χ4v) is 5.42. The van der Waals surface area contributed by atoms with Crippen molar-refractivity contribution in [2.45, 2.75) is 17.4 Å². The molecular weight excluding hydrogens is 406 g/mol. The largest absolute Gasteiger partial charge is 0.468 e. The number of anilines is 1. The first-order valence-corrected chi connectivity index (χ1v) is 11.6. The van der Waals surface area contributed by atoms with Crippen molar-refractivity contribution in [1.82, 2.24) is 9.62 Å². The molecule has 1 aliphatic rings. The van der Waals surface area contributed by atoms with Crippen LogP contribution in [0.5, 0.6) is 0 Å². The molecule has 0 aliphatic carbocycles. The monoisotopic (exact) mass is 427 g/mol. The Morgan fingerprint density at radius 1 is 1.21 bits per heavy atom. The Kier molecular flexibility index (Phi) is 5.62. The van der Waals surface area contributed by atoms with Gasteiger partial charge >= 0.3 is 0 Å². The summed E-state index contributed by atoms with van der Waals surface area (Å²) in [5, 5.41) is 0. The first kappa shape index (κ1) is 20.5. The van der Waals surface area contributed by atoms with Gasteiger partial charge in [0.15, 0.2) is 0 Å². The van der Waals surface area contributed by atoms with E-state index in [2.05, 4.69) is 4.72 Å². The molecule has 1 saturated heterocycles. The smallest absolute Gasteiger partial charge is 0.242 e. The van der Waals surface area contributed by atoms with Crippen molar-refractivity contribution >= 4 is 31.6 Å². The van der Waals surface area contributed by atoms with E-state index in [0.29, 0.717) is 5.76 Å². The Labute approximate surface area is 164 Å². The topological polar surface area (TPSA) is 117 Å². The number of amides is 1. The van der Waals surface area contributed by atoms with Gasteiger partial charge in [0.25, 0.3) is 0 Å². The molecule has 9 nitrogen and oxygen atoms in total. The van der Waals surface area contributed by atoms with Crippen LogP contribution in [0, 0.1) is 0 Å². The minimum Gasteiger partial charge on any atom is -0.468 e. The number of benzene rings is 1. The minimum atomic E-state index is -3.83. The molecular formula is C17H21N3O6S2. The number of sulfonamides is 2. The zero-order chi connectivity index (χ0) is 20.5. The van der Waals surface area contributed by atoms with Crippen LogP contribution in [0.4, 0.5) is 5.69 Å². The summed E-state index contributed by atoms with van der Waals surface area (Å²) in [6, 6.07) is 8.37. The summed E-state index contributed by atoms with van der Waals surface area (Å²) < 4.78 is 57.7. The van der Waals surface area contributed by atoms with Crippen LogP contribution < -0.4 is 9.03 Å². The summed E-state index contributed by atoms with van der Waals surface area (Å²) in [4.78, 5) is 13.6. The van der Waals surface area contributed by atoms with Crippen molar-refractivity contribution in [3.63, 3.8) is 0 Å². The molecule has 1 unspecified atom stereocenters. The van der Waals surface area contributed by atoms with Crippen molar-refractivity contribution in [2.75, 3.05) is 30.7 Å². The third kappa shape index (κ3) is 4.12. The summed E-state index contributed by atoms with van der Waals surface area (Å²) in [6.45, 7) is 0.0869. The number of carbonyl (C=O) groups is 1. The van der Waals surface area contributed by atoms with E-state index >= 15 is 0 Å². The summed E-state index contributed by atoms with van der Waals surface area (Å²) in [6.07, 6.45) is 1.44. The van der Waals surface area contributed by atoms with E-state index in [1.165, 1.54) is 30.5 Å². The summed E-state index contributed by atoms with van der Waals surface area (Å²) >= 11 is 0. The molecule has 1 amide bonds. The van der Waals surface area contributed by atoms with Gasteiger partial charge in [-0.05, 0) is 50.5 Å². The number of furan rings is 1. The van der Waals surface area contributed by atoms with E-state index in [4.69, 9.17) is 4.42 Å². The highest BCUT2D eigenvalue weighted by molar-refractivity contribution is 7.94. The van der Waals surface area contributed by atoms with E-state index in [1.807, 2.05) is 19.0 Å². The zero-order valence-corrected chi connectivity index (χ0v) is 17.0. The lowest BCUT2D eigenvalue weighted by molar-refractivity contribution is -0.116. The molecule has 0 saturated carbocycles. The normalized spacial score (nSPS) is 18.0. The van der Waals surface area contributed by atoms with Crippen molar-refractivity contribution in [3.05, 3.63) is 48.4 Å². The van der Waals surface area contributed by atoms with E-state index in [1.54, 1.807) is 12.1 Å². The molecule has 1 fully saturated rings. The molecule has 0 radical (unpaired) electrons. The standard InChI is InChI=1S/C17H21N3O6S2/c1-19(2)15(16-4-3-10-26-16)12-18-28(24,25)14-7-5-13(6-8-14)20-17(21)9-11-27(20,22)23/h3-8,10,15,18H,9,11-12H2,1-2H3. The molecule has 1 N–H and O–H groups in total. The quantitative estimate of drug-likeness (QED) is 0.698. The third-order valence-electron chi connectivity index (χ3n) is 4.42. The van der Waals surface area contributed by atoms with Crippen LogP contribution in [-0.4, -0.2) is 54.0 Å². The number of hydrogen-bond acceptors (Lipinski definition) is 7. The van der Waals surface area contributed by atoms with Gasteiger partial charge in [-0.2, -0.15) is 0 Å². The van der Waals surface area contributed by atoms with Gasteiger partial charge in [0.1, 0.15) is 5.76 Å². The van der Waals surface area contributed by atoms with Crippen LogP contribution in [0.2, 0.25) is 0 Å². The second-order valence-electron chi connectivity index (χ2n) is 6.56. The van der Waals surface area contributed by atoms with E-state index in [0.717, 1.165) is 4.31 Å². The lowest BCUT2D eigenvalue weighted by Crippen LogP contribution is -2.34. The maximum absolute atomic E-state index is 12.6. The molecule has 0 bridgehead atoms. The van der Waals surface area contributed by atoms with Gasteiger partial charge in [0.05, 0.1) is 28.6 Å². The SMILES string of the molecule is CN(C)C(CNS(=O)(=O)c1ccc(N2C(=O)CCS2(=O)=O)cc1)c1ccco1. The van der Waals surface area contributed by atoms with Crippen LogP contribution >= 0.6 is 0 Å².